The van der Waals surface area contributed by atoms with Gasteiger partial charge in [-0.05, 0) is 49.4 Å². The molecule has 0 bridgehead atoms. The van der Waals surface area contributed by atoms with Gasteiger partial charge in [-0.2, -0.15) is 10.6 Å². The second kappa shape index (κ2) is 12.3. The minimum absolute atomic E-state index is 0.167. The van der Waals surface area contributed by atoms with E-state index in [-0.39, 0.29) is 16.9 Å². The first kappa shape index (κ1) is 28.2. The van der Waals surface area contributed by atoms with E-state index in [0.717, 1.165) is 61.4 Å². The fourth-order valence-corrected chi connectivity index (χ4v) is 7.51. The van der Waals surface area contributed by atoms with Crippen LogP contribution in [0.3, 0.4) is 0 Å². The number of unbranched alkanes of at least 4 members (excludes halogenated alkanes) is 2. The molecule has 9 heteroatoms. The third-order valence-electron chi connectivity index (χ3n) is 6.58. The van der Waals surface area contributed by atoms with E-state index in [1.807, 2.05) is 24.5 Å². The largest absolute Gasteiger partial charge is 0.508 e. The maximum Gasteiger partial charge on any atom is 0.331 e. The molecule has 0 amide bonds. The zero-order chi connectivity index (χ0) is 26.3. The average molecular weight is 536 g/mol. The summed E-state index contributed by atoms with van der Waals surface area (Å²) in [6.45, 7) is 4.91. The monoisotopic (exact) mass is 535 g/mol. The SMILES string of the molecule is CCCCC1(CCCC)CN(c2ccc(O)cc2)c2cc(SC)c(OC=CC(=O)O)cc2S(O)(O)C1. The van der Waals surface area contributed by atoms with Crippen molar-refractivity contribution in [3.05, 3.63) is 48.7 Å². The van der Waals surface area contributed by atoms with Crippen molar-refractivity contribution in [3.8, 4) is 11.5 Å². The van der Waals surface area contributed by atoms with Gasteiger partial charge in [-0.25, -0.2) is 4.79 Å². The zero-order valence-electron chi connectivity index (χ0n) is 21.1. The van der Waals surface area contributed by atoms with Gasteiger partial charge in [0, 0.05) is 29.5 Å². The standard InChI is InChI=1S/C27H37NO6S2/c1-4-6-13-27(14-7-5-2)18-28(20-8-10-21(29)11-9-20)22-16-24(35-3)23(34-15-12-26(30)31)17-25(22)36(32,33)19-27/h8-12,15-17,29,32-33H,4-7,13-14,18-19H2,1-3H3,(H,30,31). The summed E-state index contributed by atoms with van der Waals surface area (Å²) in [5.41, 5.74) is 1.23. The molecule has 0 unspecified atom stereocenters. The number of fused-ring (bicyclic) bond motifs is 1. The number of nitrogens with zero attached hydrogens (tertiary/aromatic N) is 1. The van der Waals surface area contributed by atoms with E-state index in [4.69, 9.17) is 9.84 Å². The molecule has 3 rings (SSSR count). The molecule has 4 N–H and O–H groups in total. The lowest BCUT2D eigenvalue weighted by Gasteiger charge is -2.42. The summed E-state index contributed by atoms with van der Waals surface area (Å²) in [7, 11) is -3.21. The van der Waals surface area contributed by atoms with Crippen molar-refractivity contribution in [2.45, 2.75) is 62.2 Å². The first-order chi connectivity index (χ1) is 17.1. The number of hydrogen-bond acceptors (Lipinski definition) is 7. The number of ether oxygens (including phenoxy) is 1. The van der Waals surface area contributed by atoms with Gasteiger partial charge in [0.25, 0.3) is 0 Å². The Labute approximate surface area is 219 Å². The predicted octanol–water partition coefficient (Wildman–Crippen LogP) is 7.72. The van der Waals surface area contributed by atoms with Crippen molar-refractivity contribution >= 4 is 39.7 Å². The number of phenolic OH excluding ortho intramolecular Hbond substituents is 1. The van der Waals surface area contributed by atoms with Gasteiger partial charge in [0.05, 0.1) is 27.8 Å². The number of thioether (sulfide) groups is 1. The van der Waals surface area contributed by atoms with Crippen LogP contribution in [0.2, 0.25) is 0 Å². The maximum absolute atomic E-state index is 11.6. The number of carbonyl (C=O) groups is 1. The lowest BCUT2D eigenvalue weighted by atomic mass is 9.79. The highest BCUT2D eigenvalue weighted by atomic mass is 32.3. The van der Waals surface area contributed by atoms with Gasteiger partial charge in [0.15, 0.2) is 0 Å². The average Bonchev–Trinajstić information content (AvgIpc) is 2.93. The van der Waals surface area contributed by atoms with Crippen LogP contribution in [0.25, 0.3) is 0 Å². The van der Waals surface area contributed by atoms with E-state index in [1.165, 1.54) is 11.8 Å². The summed E-state index contributed by atoms with van der Waals surface area (Å²) in [6, 6.07) is 10.5. The van der Waals surface area contributed by atoms with Crippen LogP contribution in [-0.2, 0) is 4.79 Å². The molecule has 0 spiro atoms. The molecule has 2 aromatic rings. The summed E-state index contributed by atoms with van der Waals surface area (Å²) in [5, 5.41) is 18.8. The molecule has 0 aromatic heterocycles. The maximum atomic E-state index is 11.6. The number of aliphatic carboxylic acids is 1. The summed E-state index contributed by atoms with van der Waals surface area (Å²) in [4.78, 5) is 14.2. The van der Waals surface area contributed by atoms with Crippen LogP contribution in [-0.4, -0.2) is 43.8 Å². The predicted molar refractivity (Wildman–Crippen MR) is 148 cm³/mol. The Hall–Kier alpha value is -2.33. The fourth-order valence-electron chi connectivity index (χ4n) is 4.79. The molecule has 1 aliphatic rings. The van der Waals surface area contributed by atoms with Crippen LogP contribution in [0.4, 0.5) is 11.4 Å². The molecular formula is C27H37NO6S2. The molecule has 2 aromatic carbocycles. The van der Waals surface area contributed by atoms with Crippen LogP contribution in [0.1, 0.15) is 52.4 Å². The normalized spacial score (nSPS) is 17.4. The highest BCUT2D eigenvalue weighted by Crippen LogP contribution is 2.62. The first-order valence-corrected chi connectivity index (χ1v) is 15.2. The smallest absolute Gasteiger partial charge is 0.331 e. The van der Waals surface area contributed by atoms with E-state index < -0.39 is 16.6 Å². The highest BCUT2D eigenvalue weighted by molar-refractivity contribution is 8.24. The molecule has 0 saturated carbocycles. The number of benzene rings is 2. The minimum Gasteiger partial charge on any atom is -0.508 e. The number of hydrogen-bond donors (Lipinski definition) is 4. The molecule has 1 heterocycles. The van der Waals surface area contributed by atoms with E-state index in [1.54, 1.807) is 18.2 Å². The second-order valence-electron chi connectivity index (χ2n) is 9.35. The van der Waals surface area contributed by atoms with Crippen LogP contribution in [0.15, 0.2) is 58.5 Å². The van der Waals surface area contributed by atoms with Crippen LogP contribution in [0, 0.1) is 5.41 Å². The topological polar surface area (TPSA) is 110 Å². The lowest BCUT2D eigenvalue weighted by molar-refractivity contribution is -0.131. The Kier molecular flexibility index (Phi) is 9.63. The summed E-state index contributed by atoms with van der Waals surface area (Å²) < 4.78 is 28.9. The Morgan fingerprint density at radius 1 is 1.14 bits per heavy atom. The number of rotatable bonds is 11. The van der Waals surface area contributed by atoms with Crippen molar-refractivity contribution in [1.82, 2.24) is 0 Å². The van der Waals surface area contributed by atoms with Crippen molar-refractivity contribution in [2.24, 2.45) is 5.41 Å². The Balaban J connectivity index is 2.22. The number of phenols is 1. The summed E-state index contributed by atoms with van der Waals surface area (Å²) in [6.07, 6.45) is 9.65. The van der Waals surface area contributed by atoms with Gasteiger partial charge in [0.2, 0.25) is 0 Å². The number of carboxylic acid groups (broad SMARTS) is 1. The molecule has 0 fully saturated rings. The quantitative estimate of drug-likeness (QED) is 0.131. The van der Waals surface area contributed by atoms with Gasteiger partial charge >= 0.3 is 5.97 Å². The Morgan fingerprint density at radius 3 is 2.33 bits per heavy atom. The van der Waals surface area contributed by atoms with Crippen molar-refractivity contribution in [2.75, 3.05) is 23.5 Å². The molecule has 7 nitrogen and oxygen atoms in total. The Morgan fingerprint density at radius 2 is 1.78 bits per heavy atom. The molecule has 0 aliphatic carbocycles. The van der Waals surface area contributed by atoms with E-state index in [2.05, 4.69) is 18.7 Å². The summed E-state index contributed by atoms with van der Waals surface area (Å²) in [5.74, 6) is -0.334. The lowest BCUT2D eigenvalue weighted by Crippen LogP contribution is -2.37. The van der Waals surface area contributed by atoms with Crippen LogP contribution < -0.4 is 9.64 Å². The van der Waals surface area contributed by atoms with Crippen LogP contribution >= 0.6 is 22.4 Å². The van der Waals surface area contributed by atoms with Crippen molar-refractivity contribution in [3.63, 3.8) is 0 Å². The van der Waals surface area contributed by atoms with Gasteiger partial charge in [-0.1, -0.05) is 39.5 Å². The Bertz CT molecular complexity index is 1060. The van der Waals surface area contributed by atoms with E-state index in [9.17, 15) is 19.0 Å². The summed E-state index contributed by atoms with van der Waals surface area (Å²) >= 11 is 1.43. The molecule has 0 radical (unpaired) electrons. The number of carboxylic acids is 1. The van der Waals surface area contributed by atoms with Gasteiger partial charge < -0.3 is 19.8 Å². The van der Waals surface area contributed by atoms with Crippen molar-refractivity contribution < 1.29 is 28.8 Å². The second-order valence-corrected chi connectivity index (χ2v) is 12.3. The van der Waals surface area contributed by atoms with E-state index in [0.29, 0.717) is 22.9 Å². The molecule has 36 heavy (non-hydrogen) atoms. The molecule has 0 saturated heterocycles. The van der Waals surface area contributed by atoms with Gasteiger partial charge in [-0.15, -0.1) is 11.8 Å². The zero-order valence-corrected chi connectivity index (χ0v) is 22.8. The van der Waals surface area contributed by atoms with Gasteiger partial charge in [-0.3, -0.25) is 9.11 Å². The highest BCUT2D eigenvalue weighted by Gasteiger charge is 2.42. The third-order valence-corrected chi connectivity index (χ3v) is 9.38. The molecule has 198 valence electrons. The minimum atomic E-state index is -3.21. The number of anilines is 2. The van der Waals surface area contributed by atoms with E-state index >= 15 is 0 Å². The fraction of sp³-hybridized carbons (Fsp3) is 0.444. The van der Waals surface area contributed by atoms with Gasteiger partial charge in [0.1, 0.15) is 11.5 Å². The molecule has 1 aliphatic heterocycles. The molecular weight excluding hydrogens is 498 g/mol. The number of aromatic hydroxyl groups is 1. The molecule has 0 atom stereocenters. The third kappa shape index (κ3) is 6.70. The van der Waals surface area contributed by atoms with Crippen molar-refractivity contribution in [1.29, 1.82) is 0 Å². The first-order valence-electron chi connectivity index (χ1n) is 12.3. The van der Waals surface area contributed by atoms with Crippen LogP contribution in [0.5, 0.6) is 11.5 Å².